The molecule has 0 radical (unpaired) electrons. The average Bonchev–Trinajstić information content (AvgIpc) is 3.42. The number of nitrogens with zero attached hydrogens (tertiary/aromatic N) is 2. The molecule has 2 heterocycles. The van der Waals surface area contributed by atoms with Gasteiger partial charge in [0.2, 0.25) is 0 Å². The van der Waals surface area contributed by atoms with E-state index in [1.165, 1.54) is 18.2 Å². The molecule has 2 aromatic carbocycles. The first-order valence-electron chi connectivity index (χ1n) is 10.3. The van der Waals surface area contributed by atoms with Crippen molar-refractivity contribution < 1.29 is 23.8 Å². The molecular formula is C22H20Cl2FN3O4. The van der Waals surface area contributed by atoms with Crippen molar-refractivity contribution in [1.82, 2.24) is 10.2 Å². The van der Waals surface area contributed by atoms with Crippen molar-refractivity contribution in [2.45, 2.75) is 31.1 Å². The zero-order valence-corrected chi connectivity index (χ0v) is 18.4. The Balaban J connectivity index is 1.52. The van der Waals surface area contributed by atoms with E-state index in [1.54, 1.807) is 12.1 Å². The van der Waals surface area contributed by atoms with Crippen LogP contribution in [0.2, 0.25) is 10.0 Å². The molecule has 0 bridgehead atoms. The Labute approximate surface area is 193 Å². The summed E-state index contributed by atoms with van der Waals surface area (Å²) in [5, 5.41) is 13.4. The van der Waals surface area contributed by atoms with Crippen LogP contribution in [-0.4, -0.2) is 53.7 Å². The molecule has 0 unspecified atom stereocenters. The minimum Gasteiger partial charge on any atom is -0.481 e. The molecule has 5 rings (SSSR count). The van der Waals surface area contributed by atoms with Crippen molar-refractivity contribution in [3.8, 4) is 5.75 Å². The molecule has 0 aromatic heterocycles. The summed E-state index contributed by atoms with van der Waals surface area (Å²) in [5.41, 5.74) is 1.85. The van der Waals surface area contributed by atoms with E-state index in [-0.39, 0.29) is 24.0 Å². The van der Waals surface area contributed by atoms with E-state index >= 15 is 0 Å². The molecule has 3 aliphatic rings. The van der Waals surface area contributed by atoms with E-state index < -0.39 is 30.0 Å². The van der Waals surface area contributed by atoms with Crippen LogP contribution < -0.4 is 15.0 Å². The van der Waals surface area contributed by atoms with Crippen LogP contribution in [0.1, 0.15) is 23.7 Å². The molecule has 2 saturated heterocycles. The molecule has 168 valence electrons. The summed E-state index contributed by atoms with van der Waals surface area (Å²) in [4.78, 5) is 27.2. The van der Waals surface area contributed by atoms with Crippen LogP contribution in [0.3, 0.4) is 0 Å². The number of hydrogen-bond acceptors (Lipinski definition) is 5. The highest BCUT2D eigenvalue weighted by molar-refractivity contribution is 6.35. The lowest BCUT2D eigenvalue weighted by Crippen LogP contribution is -2.39. The van der Waals surface area contributed by atoms with Gasteiger partial charge in [0, 0.05) is 34.8 Å². The molecule has 0 saturated carbocycles. The fourth-order valence-electron chi connectivity index (χ4n) is 4.69. The quantitative estimate of drug-likeness (QED) is 0.657. The van der Waals surface area contributed by atoms with E-state index in [0.717, 1.165) is 16.0 Å². The van der Waals surface area contributed by atoms with Gasteiger partial charge in [-0.1, -0.05) is 23.2 Å². The number of urea groups is 1. The first kappa shape index (κ1) is 21.5. The number of halogens is 3. The average molecular weight is 480 g/mol. The van der Waals surface area contributed by atoms with Crippen LogP contribution in [0.15, 0.2) is 30.3 Å². The Hall–Kier alpha value is -2.39. The number of carbonyl (C=O) groups excluding carboxylic acids is 2. The predicted molar refractivity (Wildman–Crippen MR) is 117 cm³/mol. The minimum absolute atomic E-state index is 0.0892. The van der Waals surface area contributed by atoms with Crippen molar-refractivity contribution in [1.29, 1.82) is 0 Å². The third-order valence-corrected chi connectivity index (χ3v) is 6.75. The summed E-state index contributed by atoms with van der Waals surface area (Å²) < 4.78 is 21.0. The number of imide groups is 1. The van der Waals surface area contributed by atoms with Gasteiger partial charge in [-0.15, -0.1) is 0 Å². The number of carbonyl (C=O) groups is 2. The topological polar surface area (TPSA) is 82.1 Å². The normalized spacial score (nSPS) is 25.4. The second-order valence-electron chi connectivity index (χ2n) is 8.21. The monoisotopic (exact) mass is 479 g/mol. The molecule has 0 spiro atoms. The number of fused-ring (bicyclic) bond motifs is 1. The third-order valence-electron chi connectivity index (χ3n) is 6.20. The van der Waals surface area contributed by atoms with Crippen molar-refractivity contribution in [3.05, 3.63) is 57.3 Å². The molecule has 7 nitrogen and oxygen atoms in total. The minimum atomic E-state index is -0.623. The van der Waals surface area contributed by atoms with Gasteiger partial charge in [0.05, 0.1) is 24.4 Å². The maximum atomic E-state index is 14.8. The lowest BCUT2D eigenvalue weighted by molar-refractivity contribution is -0.115. The standard InChI is InChI=1S/C22H20Cl2FN3O4/c23-11-5-15-14(16(24)6-11)8-18(27-4-3-13(29)10-27)21(15)32-19-7-12(1-2-17(19)25)28-20(30)9-26-22(28)31/h1-2,5-7,13,18,21,29H,3-4,8-10H2,(H,26,31)/t13-,18+,21+/m1/s1. The van der Waals surface area contributed by atoms with Gasteiger partial charge in [-0.2, -0.15) is 0 Å². The molecule has 2 N–H and O–H groups in total. The molecule has 10 heteroatoms. The van der Waals surface area contributed by atoms with Crippen LogP contribution >= 0.6 is 23.2 Å². The van der Waals surface area contributed by atoms with Gasteiger partial charge < -0.3 is 15.2 Å². The van der Waals surface area contributed by atoms with Crippen LogP contribution in [0.25, 0.3) is 0 Å². The summed E-state index contributed by atoms with van der Waals surface area (Å²) in [7, 11) is 0. The highest BCUT2D eigenvalue weighted by Gasteiger charge is 2.42. The van der Waals surface area contributed by atoms with E-state index in [2.05, 4.69) is 10.2 Å². The van der Waals surface area contributed by atoms with Crippen molar-refractivity contribution in [2.24, 2.45) is 0 Å². The summed E-state index contributed by atoms with van der Waals surface area (Å²) in [5.74, 6) is -1.14. The zero-order chi connectivity index (χ0) is 22.6. The fourth-order valence-corrected chi connectivity index (χ4v) is 5.28. The SMILES string of the molecule is O=C1CNC(=O)N1c1ccc(F)c(O[C@H]2c3cc(Cl)cc(Cl)c3C[C@@H]2N2CC[C@@H](O)C2)c1. The number of aliphatic hydroxyl groups excluding tert-OH is 1. The molecular weight excluding hydrogens is 460 g/mol. The number of nitrogens with one attached hydrogen (secondary N) is 1. The van der Waals surface area contributed by atoms with Gasteiger partial charge in [-0.3, -0.25) is 9.69 Å². The molecule has 2 aliphatic heterocycles. The second-order valence-corrected chi connectivity index (χ2v) is 9.05. The smallest absolute Gasteiger partial charge is 0.329 e. The maximum Gasteiger partial charge on any atom is 0.329 e. The van der Waals surface area contributed by atoms with Crippen molar-refractivity contribution in [2.75, 3.05) is 24.5 Å². The Morgan fingerprint density at radius 2 is 2.00 bits per heavy atom. The molecule has 2 aromatic rings. The van der Waals surface area contributed by atoms with E-state index in [0.29, 0.717) is 36.0 Å². The lowest BCUT2D eigenvalue weighted by atomic mass is 10.1. The number of rotatable bonds is 4. The van der Waals surface area contributed by atoms with Gasteiger partial charge in [0.1, 0.15) is 6.10 Å². The Bertz CT molecular complexity index is 1100. The number of ether oxygens (including phenoxy) is 1. The first-order valence-corrected chi connectivity index (χ1v) is 11.0. The highest BCUT2D eigenvalue weighted by Crippen LogP contribution is 2.44. The van der Waals surface area contributed by atoms with E-state index in [4.69, 9.17) is 27.9 Å². The highest BCUT2D eigenvalue weighted by atomic mass is 35.5. The lowest BCUT2D eigenvalue weighted by Gasteiger charge is -2.30. The molecule has 1 aliphatic carbocycles. The molecule has 32 heavy (non-hydrogen) atoms. The second kappa shape index (κ2) is 8.19. The molecule has 3 amide bonds. The molecule has 3 atom stereocenters. The maximum absolute atomic E-state index is 14.8. The molecule has 2 fully saturated rings. The van der Waals surface area contributed by atoms with Crippen LogP contribution in [0.5, 0.6) is 5.75 Å². The zero-order valence-electron chi connectivity index (χ0n) is 16.9. The van der Waals surface area contributed by atoms with Gasteiger partial charge in [-0.05, 0) is 42.7 Å². The number of β-amino-alcohol motifs (C(OH)–C–C–N with tert-alkyl or cyclic N) is 1. The Morgan fingerprint density at radius 1 is 1.19 bits per heavy atom. The van der Waals surface area contributed by atoms with Crippen molar-refractivity contribution in [3.63, 3.8) is 0 Å². The predicted octanol–water partition coefficient (Wildman–Crippen LogP) is 3.30. The van der Waals surface area contributed by atoms with Gasteiger partial charge >= 0.3 is 6.03 Å². The van der Waals surface area contributed by atoms with Gasteiger partial charge in [0.15, 0.2) is 11.6 Å². The Morgan fingerprint density at radius 3 is 2.69 bits per heavy atom. The van der Waals surface area contributed by atoms with Crippen molar-refractivity contribution >= 4 is 40.8 Å². The number of likely N-dealkylation sites (tertiary alicyclic amines) is 1. The summed E-state index contributed by atoms with van der Waals surface area (Å²) in [6, 6.07) is 6.55. The number of benzene rings is 2. The first-order chi connectivity index (χ1) is 15.3. The van der Waals surface area contributed by atoms with Gasteiger partial charge in [0.25, 0.3) is 5.91 Å². The number of hydrogen-bond donors (Lipinski definition) is 2. The van der Waals surface area contributed by atoms with E-state index in [1.807, 2.05) is 0 Å². The summed E-state index contributed by atoms with van der Waals surface area (Å²) >= 11 is 12.7. The van der Waals surface area contributed by atoms with Crippen LogP contribution in [0.4, 0.5) is 14.9 Å². The fraction of sp³-hybridized carbons (Fsp3) is 0.364. The summed E-state index contributed by atoms with van der Waals surface area (Å²) in [6.07, 6.45) is 0.179. The summed E-state index contributed by atoms with van der Waals surface area (Å²) in [6.45, 7) is 1.05. The third kappa shape index (κ3) is 3.71. The largest absolute Gasteiger partial charge is 0.481 e. The Kier molecular flexibility index (Phi) is 5.49. The van der Waals surface area contributed by atoms with E-state index in [9.17, 15) is 19.1 Å². The van der Waals surface area contributed by atoms with Crippen LogP contribution in [0, 0.1) is 5.82 Å². The number of aliphatic hydroxyl groups is 1. The number of anilines is 1. The van der Waals surface area contributed by atoms with Gasteiger partial charge in [-0.25, -0.2) is 14.1 Å². The number of amides is 3. The van der Waals surface area contributed by atoms with Crippen LogP contribution in [-0.2, 0) is 11.2 Å².